The minimum absolute atomic E-state index is 0.442. The predicted molar refractivity (Wildman–Crippen MR) is 88.9 cm³/mol. The summed E-state index contributed by atoms with van der Waals surface area (Å²) in [5, 5.41) is 0. The largest absolute Gasteiger partial charge is 0.242 e. The Hall–Kier alpha value is -1.84. The number of aromatic nitrogens is 4. The van der Waals surface area contributed by atoms with Gasteiger partial charge in [0.15, 0.2) is 0 Å². The van der Waals surface area contributed by atoms with Crippen LogP contribution in [0, 0.1) is 6.92 Å². The van der Waals surface area contributed by atoms with Gasteiger partial charge in [-0.3, -0.25) is 0 Å². The van der Waals surface area contributed by atoms with Crippen LogP contribution in [0.2, 0.25) is 0 Å². The van der Waals surface area contributed by atoms with Crippen LogP contribution in [0.15, 0.2) is 24.7 Å². The van der Waals surface area contributed by atoms with Crippen LogP contribution in [0.4, 0.5) is 0 Å². The molecule has 4 heteroatoms. The molecule has 0 aliphatic rings. The maximum Gasteiger partial charge on any atom is 0.128 e. The molecule has 4 nitrogen and oxygen atoms in total. The third kappa shape index (κ3) is 4.33. The smallest absolute Gasteiger partial charge is 0.128 e. The van der Waals surface area contributed by atoms with Gasteiger partial charge in [-0.25, -0.2) is 19.9 Å². The van der Waals surface area contributed by atoms with Gasteiger partial charge < -0.3 is 0 Å². The summed E-state index contributed by atoms with van der Waals surface area (Å²) in [6.07, 6.45) is 7.64. The second-order valence-corrected chi connectivity index (χ2v) is 5.94. The first-order valence-corrected chi connectivity index (χ1v) is 8.24. The van der Waals surface area contributed by atoms with Crippen molar-refractivity contribution >= 4 is 0 Å². The van der Waals surface area contributed by atoms with Crippen LogP contribution in [0.25, 0.3) is 0 Å². The third-order valence-electron chi connectivity index (χ3n) is 4.30. The first kappa shape index (κ1) is 16.5. The van der Waals surface area contributed by atoms with E-state index in [1.165, 1.54) is 0 Å². The van der Waals surface area contributed by atoms with Crippen molar-refractivity contribution in [3.8, 4) is 0 Å². The van der Waals surface area contributed by atoms with Gasteiger partial charge in [0.05, 0.1) is 0 Å². The highest BCUT2D eigenvalue weighted by atomic mass is 14.9. The van der Waals surface area contributed by atoms with E-state index in [9.17, 15) is 0 Å². The standard InChI is InChI=1S/C18H26N4/c1-5-13(3)16-9-10-19-18(22-16)8-7-15(6-2)17-11-14(4)20-12-21-17/h9-13,15H,5-8H2,1-4H3. The van der Waals surface area contributed by atoms with Crippen molar-refractivity contribution in [1.29, 1.82) is 0 Å². The van der Waals surface area contributed by atoms with Gasteiger partial charge in [-0.15, -0.1) is 0 Å². The average Bonchev–Trinajstić information content (AvgIpc) is 2.55. The number of nitrogens with zero attached hydrogens (tertiary/aromatic N) is 4. The van der Waals surface area contributed by atoms with Crippen molar-refractivity contribution in [3.63, 3.8) is 0 Å². The molecule has 22 heavy (non-hydrogen) atoms. The van der Waals surface area contributed by atoms with E-state index in [0.717, 1.165) is 48.6 Å². The highest BCUT2D eigenvalue weighted by molar-refractivity contribution is 5.12. The maximum absolute atomic E-state index is 4.72. The summed E-state index contributed by atoms with van der Waals surface area (Å²) in [6, 6.07) is 4.12. The number of hydrogen-bond acceptors (Lipinski definition) is 4. The van der Waals surface area contributed by atoms with Crippen LogP contribution in [0.5, 0.6) is 0 Å². The lowest BCUT2D eigenvalue weighted by Gasteiger charge is -2.14. The van der Waals surface area contributed by atoms with Crippen molar-refractivity contribution < 1.29 is 0 Å². The third-order valence-corrected chi connectivity index (χ3v) is 4.30. The molecule has 0 amide bonds. The van der Waals surface area contributed by atoms with Crippen LogP contribution in [-0.2, 0) is 6.42 Å². The Balaban J connectivity index is 2.04. The predicted octanol–water partition coefficient (Wildman–Crippen LogP) is 4.21. The molecular weight excluding hydrogens is 272 g/mol. The molecule has 0 N–H and O–H groups in total. The molecule has 0 aliphatic heterocycles. The van der Waals surface area contributed by atoms with Crippen molar-refractivity contribution in [3.05, 3.63) is 47.6 Å². The van der Waals surface area contributed by atoms with E-state index in [-0.39, 0.29) is 0 Å². The van der Waals surface area contributed by atoms with Gasteiger partial charge in [0.1, 0.15) is 12.2 Å². The van der Waals surface area contributed by atoms with Gasteiger partial charge in [0, 0.05) is 35.6 Å². The minimum atomic E-state index is 0.442. The zero-order chi connectivity index (χ0) is 15.9. The van der Waals surface area contributed by atoms with E-state index in [0.29, 0.717) is 11.8 Å². The lowest BCUT2D eigenvalue weighted by atomic mass is 9.95. The molecular formula is C18H26N4. The maximum atomic E-state index is 4.72. The van der Waals surface area contributed by atoms with E-state index in [1.807, 2.05) is 19.2 Å². The number of aryl methyl sites for hydroxylation is 2. The van der Waals surface area contributed by atoms with Crippen molar-refractivity contribution in [2.45, 2.75) is 65.2 Å². The molecule has 0 bridgehead atoms. The Morgan fingerprint density at radius 1 is 1.05 bits per heavy atom. The Morgan fingerprint density at radius 2 is 1.86 bits per heavy atom. The van der Waals surface area contributed by atoms with E-state index in [1.54, 1.807) is 6.33 Å². The fraction of sp³-hybridized carbons (Fsp3) is 0.556. The van der Waals surface area contributed by atoms with E-state index >= 15 is 0 Å². The fourth-order valence-electron chi connectivity index (χ4n) is 2.58. The lowest BCUT2D eigenvalue weighted by molar-refractivity contribution is 0.574. The zero-order valence-corrected chi connectivity index (χ0v) is 14.1. The second-order valence-electron chi connectivity index (χ2n) is 5.94. The van der Waals surface area contributed by atoms with Gasteiger partial charge in [0.25, 0.3) is 0 Å². The van der Waals surface area contributed by atoms with Crippen LogP contribution < -0.4 is 0 Å². The van der Waals surface area contributed by atoms with E-state index < -0.39 is 0 Å². The molecule has 2 atom stereocenters. The Morgan fingerprint density at radius 3 is 2.55 bits per heavy atom. The molecule has 118 valence electrons. The highest BCUT2D eigenvalue weighted by Crippen LogP contribution is 2.23. The normalized spacial score (nSPS) is 13.8. The van der Waals surface area contributed by atoms with E-state index in [4.69, 9.17) is 4.98 Å². The molecule has 2 unspecified atom stereocenters. The van der Waals surface area contributed by atoms with Gasteiger partial charge in [0.2, 0.25) is 0 Å². The Kier molecular flexibility index (Phi) is 5.99. The van der Waals surface area contributed by atoms with Crippen LogP contribution in [0.3, 0.4) is 0 Å². The molecule has 0 fully saturated rings. The molecule has 0 aromatic carbocycles. The molecule has 0 aliphatic carbocycles. The quantitative estimate of drug-likeness (QED) is 0.768. The van der Waals surface area contributed by atoms with Crippen molar-refractivity contribution in [1.82, 2.24) is 19.9 Å². The number of rotatable bonds is 7. The summed E-state index contributed by atoms with van der Waals surface area (Å²) in [5.74, 6) is 1.88. The van der Waals surface area contributed by atoms with Crippen LogP contribution >= 0.6 is 0 Å². The lowest BCUT2D eigenvalue weighted by Crippen LogP contribution is -2.07. The Labute approximate surface area is 133 Å². The Bertz CT molecular complexity index is 597. The first-order valence-electron chi connectivity index (χ1n) is 8.24. The zero-order valence-electron chi connectivity index (χ0n) is 14.1. The fourth-order valence-corrected chi connectivity index (χ4v) is 2.58. The summed E-state index contributed by atoms with van der Waals surface area (Å²) in [6.45, 7) is 8.62. The van der Waals surface area contributed by atoms with Crippen molar-refractivity contribution in [2.24, 2.45) is 0 Å². The highest BCUT2D eigenvalue weighted by Gasteiger charge is 2.13. The van der Waals surface area contributed by atoms with Gasteiger partial charge in [-0.1, -0.05) is 20.8 Å². The summed E-state index contributed by atoms with van der Waals surface area (Å²) >= 11 is 0. The minimum Gasteiger partial charge on any atom is -0.242 e. The molecule has 2 heterocycles. The summed E-state index contributed by atoms with van der Waals surface area (Å²) < 4.78 is 0. The number of hydrogen-bond donors (Lipinski definition) is 0. The molecule has 2 rings (SSSR count). The summed E-state index contributed by atoms with van der Waals surface area (Å²) in [7, 11) is 0. The molecule has 2 aromatic rings. The molecule has 2 aromatic heterocycles. The summed E-state index contributed by atoms with van der Waals surface area (Å²) in [5.41, 5.74) is 3.31. The van der Waals surface area contributed by atoms with Crippen LogP contribution in [0.1, 0.15) is 74.8 Å². The van der Waals surface area contributed by atoms with Crippen molar-refractivity contribution in [2.75, 3.05) is 0 Å². The molecule has 0 saturated heterocycles. The first-order chi connectivity index (χ1) is 10.6. The van der Waals surface area contributed by atoms with Gasteiger partial charge in [-0.05, 0) is 44.2 Å². The van der Waals surface area contributed by atoms with E-state index in [2.05, 4.69) is 41.8 Å². The van der Waals surface area contributed by atoms with Gasteiger partial charge in [-0.2, -0.15) is 0 Å². The topological polar surface area (TPSA) is 51.6 Å². The van der Waals surface area contributed by atoms with Crippen LogP contribution in [-0.4, -0.2) is 19.9 Å². The second kappa shape index (κ2) is 7.97. The average molecular weight is 298 g/mol. The molecule has 0 spiro atoms. The molecule has 0 radical (unpaired) electrons. The monoisotopic (exact) mass is 298 g/mol. The SMILES string of the molecule is CCC(C)c1ccnc(CCC(CC)c2cc(C)ncn2)n1. The molecule has 0 saturated carbocycles. The summed E-state index contributed by atoms with van der Waals surface area (Å²) in [4.78, 5) is 17.8. The van der Waals surface area contributed by atoms with Gasteiger partial charge >= 0.3 is 0 Å².